The number of carbonyl (C=O) groups excluding carboxylic acids is 2. The highest BCUT2D eigenvalue weighted by Gasteiger charge is 2.26. The lowest BCUT2D eigenvalue weighted by molar-refractivity contribution is -0.121. The van der Waals surface area contributed by atoms with Crippen LogP contribution in [0.1, 0.15) is 46.2 Å². The van der Waals surface area contributed by atoms with Crippen molar-refractivity contribution in [1.29, 1.82) is 0 Å². The number of carbonyl (C=O) groups is 2. The summed E-state index contributed by atoms with van der Waals surface area (Å²) in [6, 6.07) is 9.05. The molecule has 4 nitrogen and oxygen atoms in total. The molecule has 4 heteroatoms. The molecule has 1 N–H and O–H groups in total. The molecule has 1 amide bonds. The van der Waals surface area contributed by atoms with Crippen molar-refractivity contribution in [2.75, 3.05) is 0 Å². The zero-order valence-corrected chi connectivity index (χ0v) is 12.8. The number of ketones is 1. The third-order valence-corrected chi connectivity index (χ3v) is 2.97. The van der Waals surface area contributed by atoms with E-state index in [2.05, 4.69) is 5.32 Å². The molecule has 0 heterocycles. The van der Waals surface area contributed by atoms with E-state index >= 15 is 0 Å². The van der Waals surface area contributed by atoms with Crippen LogP contribution in [0.4, 0.5) is 4.79 Å². The third-order valence-electron chi connectivity index (χ3n) is 2.97. The average Bonchev–Trinajstić information content (AvgIpc) is 2.34. The fraction of sp³-hybridized carbons (Fsp3) is 0.500. The number of alkyl carbamates (subject to hydrolysis) is 1. The molecular weight excluding hydrogens is 254 g/mol. The maximum Gasteiger partial charge on any atom is 0.408 e. The lowest BCUT2D eigenvalue weighted by Gasteiger charge is -2.26. The van der Waals surface area contributed by atoms with Crippen molar-refractivity contribution in [2.45, 2.75) is 46.3 Å². The topological polar surface area (TPSA) is 55.4 Å². The first-order chi connectivity index (χ1) is 9.20. The van der Waals surface area contributed by atoms with Crippen LogP contribution in [0.15, 0.2) is 30.3 Å². The Morgan fingerprint density at radius 1 is 1.15 bits per heavy atom. The minimum atomic E-state index is -0.565. The van der Waals surface area contributed by atoms with Gasteiger partial charge in [0.05, 0.1) is 6.04 Å². The van der Waals surface area contributed by atoms with Gasteiger partial charge in [0.25, 0.3) is 0 Å². The van der Waals surface area contributed by atoms with Crippen LogP contribution >= 0.6 is 0 Å². The normalized spacial score (nSPS) is 14.2. The average molecular weight is 277 g/mol. The first kappa shape index (κ1) is 16.2. The molecule has 1 aromatic rings. The van der Waals surface area contributed by atoms with Crippen molar-refractivity contribution in [3.63, 3.8) is 0 Å². The van der Waals surface area contributed by atoms with Crippen molar-refractivity contribution < 1.29 is 14.3 Å². The van der Waals surface area contributed by atoms with Crippen molar-refractivity contribution in [2.24, 2.45) is 5.92 Å². The highest BCUT2D eigenvalue weighted by Crippen LogP contribution is 2.23. The van der Waals surface area contributed by atoms with Crippen LogP contribution in [0.5, 0.6) is 0 Å². The van der Waals surface area contributed by atoms with E-state index in [1.54, 1.807) is 27.7 Å². The second-order valence-electron chi connectivity index (χ2n) is 5.93. The Kier molecular flexibility index (Phi) is 5.31. The largest absolute Gasteiger partial charge is 0.444 e. The van der Waals surface area contributed by atoms with Gasteiger partial charge in [-0.25, -0.2) is 4.79 Å². The standard InChI is InChI=1S/C16H23NO3/c1-11(12(2)18)14(13-9-7-6-8-10-13)17-15(19)20-16(3,4)5/h6-11,14H,1-5H3,(H,17,19)/t11-,14?/m0/s1. The van der Waals surface area contributed by atoms with E-state index in [1.165, 1.54) is 6.92 Å². The summed E-state index contributed by atoms with van der Waals surface area (Å²) < 4.78 is 5.26. The van der Waals surface area contributed by atoms with Gasteiger partial charge in [0.1, 0.15) is 11.4 Å². The Hall–Kier alpha value is -1.84. The van der Waals surface area contributed by atoms with E-state index in [-0.39, 0.29) is 17.7 Å². The summed E-state index contributed by atoms with van der Waals surface area (Å²) in [5, 5.41) is 2.79. The minimum Gasteiger partial charge on any atom is -0.444 e. The van der Waals surface area contributed by atoms with Gasteiger partial charge >= 0.3 is 6.09 Å². The molecule has 2 atom stereocenters. The van der Waals surface area contributed by atoms with Crippen molar-refractivity contribution >= 4 is 11.9 Å². The highest BCUT2D eigenvalue weighted by atomic mass is 16.6. The molecule has 0 aromatic heterocycles. The Bertz CT molecular complexity index is 462. The van der Waals surface area contributed by atoms with Crippen LogP contribution in [0.2, 0.25) is 0 Å². The van der Waals surface area contributed by atoms with Crippen LogP contribution in [-0.2, 0) is 9.53 Å². The molecule has 0 radical (unpaired) electrons. The zero-order chi connectivity index (χ0) is 15.3. The molecule has 0 spiro atoms. The first-order valence-corrected chi connectivity index (χ1v) is 6.75. The van der Waals surface area contributed by atoms with Crippen LogP contribution < -0.4 is 5.32 Å². The van der Waals surface area contributed by atoms with Gasteiger partial charge < -0.3 is 10.1 Å². The van der Waals surface area contributed by atoms with E-state index < -0.39 is 11.7 Å². The lowest BCUT2D eigenvalue weighted by atomic mass is 9.92. The quantitative estimate of drug-likeness (QED) is 0.916. The van der Waals surface area contributed by atoms with Gasteiger partial charge in [-0.05, 0) is 33.3 Å². The number of nitrogens with one attached hydrogen (secondary N) is 1. The smallest absolute Gasteiger partial charge is 0.408 e. The molecule has 110 valence electrons. The fourth-order valence-electron chi connectivity index (χ4n) is 1.83. The van der Waals surface area contributed by atoms with Crippen molar-refractivity contribution in [3.8, 4) is 0 Å². The number of hydrogen-bond acceptors (Lipinski definition) is 3. The molecular formula is C16H23NO3. The van der Waals surface area contributed by atoms with Crippen LogP contribution in [0.3, 0.4) is 0 Å². The summed E-state index contributed by atoms with van der Waals surface area (Å²) >= 11 is 0. The van der Waals surface area contributed by atoms with E-state index in [9.17, 15) is 9.59 Å². The van der Waals surface area contributed by atoms with Gasteiger partial charge in [0.15, 0.2) is 0 Å². The minimum absolute atomic E-state index is 0.0231. The first-order valence-electron chi connectivity index (χ1n) is 6.75. The molecule has 20 heavy (non-hydrogen) atoms. The van der Waals surface area contributed by atoms with E-state index in [1.807, 2.05) is 30.3 Å². The van der Waals surface area contributed by atoms with Crippen LogP contribution in [0, 0.1) is 5.92 Å². The highest BCUT2D eigenvalue weighted by molar-refractivity contribution is 5.80. The molecule has 0 saturated heterocycles. The van der Waals surface area contributed by atoms with Crippen molar-refractivity contribution in [1.82, 2.24) is 5.32 Å². The van der Waals surface area contributed by atoms with E-state index in [0.717, 1.165) is 5.56 Å². The number of ether oxygens (including phenoxy) is 1. The predicted octanol–water partition coefficient (Wildman–Crippen LogP) is 3.48. The van der Waals surface area contributed by atoms with Gasteiger partial charge in [0, 0.05) is 5.92 Å². The summed E-state index contributed by atoms with van der Waals surface area (Å²) in [5.41, 5.74) is 0.325. The summed E-state index contributed by atoms with van der Waals surface area (Å²) in [6.45, 7) is 8.74. The molecule has 0 bridgehead atoms. The van der Waals surface area contributed by atoms with Gasteiger partial charge in [-0.3, -0.25) is 4.79 Å². The monoisotopic (exact) mass is 277 g/mol. The molecule has 1 rings (SSSR count). The van der Waals surface area contributed by atoms with Gasteiger partial charge in [-0.2, -0.15) is 0 Å². The predicted molar refractivity (Wildman–Crippen MR) is 78.4 cm³/mol. The molecule has 1 unspecified atom stereocenters. The van der Waals surface area contributed by atoms with E-state index in [4.69, 9.17) is 4.74 Å². The summed E-state index contributed by atoms with van der Waals surface area (Å²) in [7, 11) is 0. The number of rotatable bonds is 4. The maximum atomic E-state index is 11.9. The molecule has 0 saturated carbocycles. The van der Waals surface area contributed by atoms with Crippen LogP contribution in [0.25, 0.3) is 0 Å². The fourth-order valence-corrected chi connectivity index (χ4v) is 1.83. The SMILES string of the molecule is CC(=O)[C@H](C)C(NC(=O)OC(C)(C)C)c1ccccc1. The molecule has 0 aliphatic heterocycles. The molecule has 0 aliphatic rings. The second kappa shape index (κ2) is 6.55. The van der Waals surface area contributed by atoms with E-state index in [0.29, 0.717) is 0 Å². The number of benzene rings is 1. The molecule has 1 aromatic carbocycles. The van der Waals surface area contributed by atoms with Crippen LogP contribution in [-0.4, -0.2) is 17.5 Å². The summed E-state index contributed by atoms with van der Waals surface area (Å²) in [6.07, 6.45) is -0.514. The maximum absolute atomic E-state index is 11.9. The Balaban J connectivity index is 2.90. The van der Waals surface area contributed by atoms with Crippen molar-refractivity contribution in [3.05, 3.63) is 35.9 Å². The molecule has 0 aliphatic carbocycles. The number of amides is 1. The van der Waals surface area contributed by atoms with Gasteiger partial charge in [-0.1, -0.05) is 37.3 Å². The second-order valence-corrected chi connectivity index (χ2v) is 5.93. The third kappa shape index (κ3) is 5.03. The van der Waals surface area contributed by atoms with Gasteiger partial charge in [-0.15, -0.1) is 0 Å². The Morgan fingerprint density at radius 2 is 1.70 bits per heavy atom. The number of hydrogen-bond donors (Lipinski definition) is 1. The lowest BCUT2D eigenvalue weighted by Crippen LogP contribution is -2.38. The molecule has 0 fully saturated rings. The van der Waals surface area contributed by atoms with Gasteiger partial charge in [0.2, 0.25) is 0 Å². The Labute approximate surface area is 120 Å². The zero-order valence-electron chi connectivity index (χ0n) is 12.8. The Morgan fingerprint density at radius 3 is 2.15 bits per heavy atom. The summed E-state index contributed by atoms with van der Waals surface area (Å²) in [4.78, 5) is 23.6. The number of Topliss-reactive ketones (excluding diaryl/α,β-unsaturated/α-hetero) is 1. The summed E-state index contributed by atoms with van der Waals surface area (Å²) in [5.74, 6) is -0.292.